The lowest BCUT2D eigenvalue weighted by molar-refractivity contribution is 0.175. The molecule has 1 aliphatic rings. The van der Waals surface area contributed by atoms with Gasteiger partial charge < -0.3 is 11.1 Å². The maximum Gasteiger partial charge on any atom is 0.0359 e. The summed E-state index contributed by atoms with van der Waals surface area (Å²) in [6, 6.07) is 6.26. The second-order valence-corrected chi connectivity index (χ2v) is 5.04. The van der Waals surface area contributed by atoms with Crippen LogP contribution in [0.4, 0.5) is 5.69 Å². The third-order valence-corrected chi connectivity index (χ3v) is 3.94. The molecule has 0 bridgehead atoms. The van der Waals surface area contributed by atoms with Crippen LogP contribution in [0.3, 0.4) is 0 Å². The van der Waals surface area contributed by atoms with E-state index in [-0.39, 0.29) is 0 Å². The second-order valence-electron chi connectivity index (χ2n) is 5.04. The molecule has 0 radical (unpaired) electrons. The summed E-state index contributed by atoms with van der Waals surface area (Å²) in [5, 5.41) is 3.69. The summed E-state index contributed by atoms with van der Waals surface area (Å²) >= 11 is 0. The predicted octanol–water partition coefficient (Wildman–Crippen LogP) is 3.00. The van der Waals surface area contributed by atoms with Crippen molar-refractivity contribution in [2.45, 2.75) is 51.6 Å². The van der Waals surface area contributed by atoms with Gasteiger partial charge in [-0.3, -0.25) is 0 Å². The molecule has 2 nitrogen and oxygen atoms in total. The standard InChI is InChI=1S/C14H22N2/c1-3-14(7-4-8-14)16-10-12-9-11(2)5-6-13(12)15/h5-6,9,16H,3-4,7-8,10,15H2,1-2H3. The molecule has 0 aliphatic heterocycles. The first kappa shape index (κ1) is 11.5. The summed E-state index contributed by atoms with van der Waals surface area (Å²) in [7, 11) is 0. The van der Waals surface area contributed by atoms with E-state index < -0.39 is 0 Å². The highest BCUT2D eigenvalue weighted by Gasteiger charge is 2.34. The Bertz CT molecular complexity index is 361. The summed E-state index contributed by atoms with van der Waals surface area (Å²) in [5.74, 6) is 0. The molecule has 1 saturated carbocycles. The lowest BCUT2D eigenvalue weighted by Gasteiger charge is -2.42. The van der Waals surface area contributed by atoms with Gasteiger partial charge in [0.25, 0.3) is 0 Å². The highest BCUT2D eigenvalue weighted by molar-refractivity contribution is 5.48. The van der Waals surface area contributed by atoms with Crippen molar-refractivity contribution in [1.82, 2.24) is 5.32 Å². The minimum atomic E-state index is 0.399. The average molecular weight is 218 g/mol. The van der Waals surface area contributed by atoms with Crippen LogP contribution >= 0.6 is 0 Å². The van der Waals surface area contributed by atoms with E-state index in [0.717, 1.165) is 12.2 Å². The first-order valence-electron chi connectivity index (χ1n) is 6.25. The number of nitrogen functional groups attached to an aromatic ring is 1. The minimum Gasteiger partial charge on any atom is -0.398 e. The summed E-state index contributed by atoms with van der Waals surface area (Å²) in [5.41, 5.74) is 9.80. The molecule has 0 aromatic heterocycles. The van der Waals surface area contributed by atoms with Gasteiger partial charge in [0.05, 0.1) is 0 Å². The number of aryl methyl sites for hydroxylation is 1. The number of hydrogen-bond acceptors (Lipinski definition) is 2. The molecular weight excluding hydrogens is 196 g/mol. The first-order valence-corrected chi connectivity index (χ1v) is 6.25. The van der Waals surface area contributed by atoms with E-state index >= 15 is 0 Å². The molecule has 0 heterocycles. The first-order chi connectivity index (χ1) is 7.65. The average Bonchev–Trinajstić information content (AvgIpc) is 2.22. The van der Waals surface area contributed by atoms with Crippen molar-refractivity contribution in [2.75, 3.05) is 5.73 Å². The Morgan fingerprint density at radius 1 is 1.38 bits per heavy atom. The van der Waals surface area contributed by atoms with Gasteiger partial charge in [-0.2, -0.15) is 0 Å². The number of anilines is 1. The van der Waals surface area contributed by atoms with Crippen molar-refractivity contribution in [1.29, 1.82) is 0 Å². The Kier molecular flexibility index (Phi) is 3.20. The number of hydrogen-bond donors (Lipinski definition) is 2. The van der Waals surface area contributed by atoms with Gasteiger partial charge in [0.1, 0.15) is 0 Å². The number of rotatable bonds is 4. The molecule has 0 spiro atoms. The van der Waals surface area contributed by atoms with Crippen LogP contribution in [0.25, 0.3) is 0 Å². The SMILES string of the molecule is CCC1(NCc2cc(C)ccc2N)CCC1. The molecule has 3 N–H and O–H groups in total. The zero-order valence-electron chi connectivity index (χ0n) is 10.3. The molecular formula is C14H22N2. The third-order valence-electron chi connectivity index (χ3n) is 3.94. The molecule has 1 aliphatic carbocycles. The largest absolute Gasteiger partial charge is 0.398 e. The van der Waals surface area contributed by atoms with E-state index in [1.54, 1.807) is 0 Å². The molecule has 2 rings (SSSR count). The Morgan fingerprint density at radius 3 is 2.69 bits per heavy atom. The molecule has 2 heteroatoms. The normalized spacial score (nSPS) is 18.1. The summed E-state index contributed by atoms with van der Waals surface area (Å²) in [6.45, 7) is 5.29. The maximum atomic E-state index is 5.98. The quantitative estimate of drug-likeness (QED) is 0.762. The van der Waals surface area contributed by atoms with Gasteiger partial charge in [-0.25, -0.2) is 0 Å². The molecule has 0 atom stereocenters. The van der Waals surface area contributed by atoms with Gasteiger partial charge in [-0.15, -0.1) is 0 Å². The molecule has 1 aromatic rings. The Labute approximate surface area is 98.2 Å². The van der Waals surface area contributed by atoms with Crippen molar-refractivity contribution in [3.8, 4) is 0 Å². The van der Waals surface area contributed by atoms with Crippen LogP contribution in [-0.4, -0.2) is 5.54 Å². The summed E-state index contributed by atoms with van der Waals surface area (Å²) in [4.78, 5) is 0. The van der Waals surface area contributed by atoms with Crippen LogP contribution in [0, 0.1) is 6.92 Å². The van der Waals surface area contributed by atoms with Crippen molar-refractivity contribution in [3.05, 3.63) is 29.3 Å². The minimum absolute atomic E-state index is 0.399. The van der Waals surface area contributed by atoms with E-state index in [9.17, 15) is 0 Å². The summed E-state index contributed by atoms with van der Waals surface area (Å²) < 4.78 is 0. The van der Waals surface area contributed by atoms with Crippen molar-refractivity contribution in [3.63, 3.8) is 0 Å². The number of nitrogens with two attached hydrogens (primary N) is 1. The molecule has 16 heavy (non-hydrogen) atoms. The number of nitrogens with one attached hydrogen (secondary N) is 1. The molecule has 1 aromatic carbocycles. The van der Waals surface area contributed by atoms with E-state index in [0.29, 0.717) is 5.54 Å². The van der Waals surface area contributed by atoms with Crippen LogP contribution < -0.4 is 11.1 Å². The molecule has 0 amide bonds. The van der Waals surface area contributed by atoms with Gasteiger partial charge in [0, 0.05) is 17.8 Å². The Balaban J connectivity index is 2.01. The van der Waals surface area contributed by atoms with Crippen molar-refractivity contribution in [2.24, 2.45) is 0 Å². The van der Waals surface area contributed by atoms with Gasteiger partial charge in [0.2, 0.25) is 0 Å². The van der Waals surface area contributed by atoms with Crippen LogP contribution in [0.1, 0.15) is 43.7 Å². The van der Waals surface area contributed by atoms with Crippen LogP contribution in [0.2, 0.25) is 0 Å². The van der Waals surface area contributed by atoms with Crippen molar-refractivity contribution >= 4 is 5.69 Å². The molecule has 0 saturated heterocycles. The highest BCUT2D eigenvalue weighted by atomic mass is 15.0. The smallest absolute Gasteiger partial charge is 0.0359 e. The fourth-order valence-electron chi connectivity index (χ4n) is 2.43. The lowest BCUT2D eigenvalue weighted by Crippen LogP contribution is -2.49. The fourth-order valence-corrected chi connectivity index (χ4v) is 2.43. The van der Waals surface area contributed by atoms with E-state index in [4.69, 9.17) is 5.73 Å². The Morgan fingerprint density at radius 2 is 2.12 bits per heavy atom. The monoisotopic (exact) mass is 218 g/mol. The molecule has 1 fully saturated rings. The predicted molar refractivity (Wildman–Crippen MR) is 69.3 cm³/mol. The fraction of sp³-hybridized carbons (Fsp3) is 0.571. The van der Waals surface area contributed by atoms with Crippen LogP contribution in [0.5, 0.6) is 0 Å². The molecule has 88 valence electrons. The zero-order valence-corrected chi connectivity index (χ0v) is 10.3. The molecule has 0 unspecified atom stereocenters. The topological polar surface area (TPSA) is 38.0 Å². The third kappa shape index (κ3) is 2.22. The lowest BCUT2D eigenvalue weighted by atomic mass is 9.75. The van der Waals surface area contributed by atoms with Gasteiger partial charge >= 0.3 is 0 Å². The maximum absolute atomic E-state index is 5.98. The van der Waals surface area contributed by atoms with E-state index in [1.165, 1.54) is 36.8 Å². The van der Waals surface area contributed by atoms with Crippen LogP contribution in [0.15, 0.2) is 18.2 Å². The van der Waals surface area contributed by atoms with Gasteiger partial charge in [0.15, 0.2) is 0 Å². The number of benzene rings is 1. The summed E-state index contributed by atoms with van der Waals surface area (Å²) in [6.07, 6.45) is 5.22. The second kappa shape index (κ2) is 4.46. The zero-order chi connectivity index (χ0) is 11.6. The van der Waals surface area contributed by atoms with Crippen LogP contribution in [-0.2, 0) is 6.54 Å². The van der Waals surface area contributed by atoms with E-state index in [2.05, 4.69) is 31.3 Å². The van der Waals surface area contributed by atoms with E-state index in [1.807, 2.05) is 6.07 Å². The highest BCUT2D eigenvalue weighted by Crippen LogP contribution is 2.35. The Hall–Kier alpha value is -1.02. The van der Waals surface area contributed by atoms with Gasteiger partial charge in [-0.1, -0.05) is 24.6 Å². The van der Waals surface area contributed by atoms with Gasteiger partial charge in [-0.05, 0) is 44.2 Å². The van der Waals surface area contributed by atoms with Crippen molar-refractivity contribution < 1.29 is 0 Å².